The molecule has 0 aliphatic heterocycles. The SMILES string of the molecule is CCCCCCCCCCCCOC(C)=O.CNC.C[N+](C)(C)CC(=O)[O-]. The third-order valence-corrected chi connectivity index (χ3v) is 3.41. The van der Waals surface area contributed by atoms with Gasteiger partial charge in [-0.05, 0) is 20.5 Å². The van der Waals surface area contributed by atoms with Crippen LogP contribution in [-0.2, 0) is 14.3 Å². The van der Waals surface area contributed by atoms with Gasteiger partial charge in [0.2, 0.25) is 0 Å². The van der Waals surface area contributed by atoms with Crippen molar-refractivity contribution in [3.8, 4) is 0 Å². The molecule has 0 spiro atoms. The van der Waals surface area contributed by atoms with Gasteiger partial charge in [-0.2, -0.15) is 0 Å². The Bertz CT molecular complexity index is 329. The number of unbranched alkanes of at least 4 members (excludes halogenated alkanes) is 9. The summed E-state index contributed by atoms with van der Waals surface area (Å²) in [6.45, 7) is 4.39. The van der Waals surface area contributed by atoms with E-state index in [2.05, 4.69) is 12.2 Å². The van der Waals surface area contributed by atoms with Crippen molar-refractivity contribution in [1.82, 2.24) is 5.32 Å². The fraction of sp³-hybridized carbons (Fsp3) is 0.905. The molecule has 0 aromatic rings. The summed E-state index contributed by atoms with van der Waals surface area (Å²) in [5, 5.41) is 12.6. The first-order valence-corrected chi connectivity index (χ1v) is 10.3. The average molecular weight is 391 g/mol. The molecule has 27 heavy (non-hydrogen) atoms. The van der Waals surface area contributed by atoms with E-state index in [-0.39, 0.29) is 12.5 Å². The molecule has 1 N–H and O–H groups in total. The Balaban J connectivity index is -0.000000436. The third-order valence-electron chi connectivity index (χ3n) is 3.41. The average Bonchev–Trinajstić information content (AvgIpc) is 2.51. The normalized spacial score (nSPS) is 10.2. The van der Waals surface area contributed by atoms with Gasteiger partial charge in [-0.15, -0.1) is 0 Å². The largest absolute Gasteiger partial charge is 0.544 e. The number of rotatable bonds is 13. The molecule has 0 aliphatic carbocycles. The van der Waals surface area contributed by atoms with E-state index in [1.807, 2.05) is 14.1 Å². The number of nitrogens with zero attached hydrogens (tertiary/aromatic N) is 1. The lowest BCUT2D eigenvalue weighted by Gasteiger charge is -2.23. The Morgan fingerprint density at radius 1 is 0.852 bits per heavy atom. The molecule has 0 saturated carbocycles. The van der Waals surface area contributed by atoms with Gasteiger partial charge < -0.3 is 24.4 Å². The van der Waals surface area contributed by atoms with Crippen molar-refractivity contribution in [3.63, 3.8) is 0 Å². The summed E-state index contributed by atoms with van der Waals surface area (Å²) in [7, 11) is 9.15. The van der Waals surface area contributed by atoms with Crippen LogP contribution in [0, 0.1) is 0 Å². The zero-order valence-corrected chi connectivity index (χ0v) is 19.1. The number of esters is 1. The van der Waals surface area contributed by atoms with Crippen LogP contribution >= 0.6 is 0 Å². The summed E-state index contributed by atoms with van der Waals surface area (Å²) < 4.78 is 5.29. The number of hydrogen-bond acceptors (Lipinski definition) is 5. The maximum absolute atomic E-state index is 10.5. The molecule has 164 valence electrons. The van der Waals surface area contributed by atoms with E-state index in [0.29, 0.717) is 11.1 Å². The summed E-state index contributed by atoms with van der Waals surface area (Å²) in [5.41, 5.74) is 0. The highest BCUT2D eigenvalue weighted by atomic mass is 16.5. The Morgan fingerprint density at radius 3 is 1.48 bits per heavy atom. The third kappa shape index (κ3) is 45.7. The number of carboxylic acid groups (broad SMARTS) is 1. The summed E-state index contributed by atoms with van der Waals surface area (Å²) in [4.78, 5) is 20.4. The number of carbonyl (C=O) groups is 2. The molecule has 0 radical (unpaired) electrons. The van der Waals surface area contributed by atoms with Gasteiger partial charge in [-0.1, -0.05) is 64.7 Å². The first-order valence-electron chi connectivity index (χ1n) is 10.3. The first-order chi connectivity index (χ1) is 12.6. The van der Waals surface area contributed by atoms with Crippen LogP contribution in [0.3, 0.4) is 0 Å². The highest BCUT2D eigenvalue weighted by Gasteiger charge is 2.04. The van der Waals surface area contributed by atoms with E-state index in [4.69, 9.17) is 4.74 Å². The summed E-state index contributed by atoms with van der Waals surface area (Å²) in [6.07, 6.45) is 13.1. The number of likely N-dealkylation sites (N-methyl/N-ethyl adjacent to an activating group) is 1. The fourth-order valence-corrected chi connectivity index (χ4v) is 2.19. The van der Waals surface area contributed by atoms with Crippen LogP contribution in [0.15, 0.2) is 0 Å². The number of quaternary nitrogens is 1. The molecule has 0 fully saturated rings. The van der Waals surface area contributed by atoms with Crippen molar-refractivity contribution in [2.24, 2.45) is 0 Å². The molecule has 0 amide bonds. The van der Waals surface area contributed by atoms with Crippen LogP contribution in [0.1, 0.15) is 78.1 Å². The van der Waals surface area contributed by atoms with Crippen molar-refractivity contribution in [3.05, 3.63) is 0 Å². The lowest BCUT2D eigenvalue weighted by Crippen LogP contribution is -2.45. The van der Waals surface area contributed by atoms with Gasteiger partial charge in [-0.25, -0.2) is 0 Å². The molecule has 0 heterocycles. The van der Waals surface area contributed by atoms with Gasteiger partial charge in [-0.3, -0.25) is 4.79 Å². The predicted octanol–water partition coefficient (Wildman–Crippen LogP) is 2.75. The summed E-state index contributed by atoms with van der Waals surface area (Å²) in [6, 6.07) is 0. The molecule has 0 aliphatic rings. The maximum atomic E-state index is 10.5. The Kier molecular flexibility index (Phi) is 25.9. The zero-order chi connectivity index (χ0) is 21.6. The van der Waals surface area contributed by atoms with Gasteiger partial charge in [0.1, 0.15) is 6.54 Å². The molecule has 0 aromatic heterocycles. The van der Waals surface area contributed by atoms with Gasteiger partial charge in [0.25, 0.3) is 0 Å². The van der Waals surface area contributed by atoms with Crippen molar-refractivity contribution in [2.45, 2.75) is 78.1 Å². The minimum absolute atomic E-state index is 0.0694. The van der Waals surface area contributed by atoms with Gasteiger partial charge in [0.15, 0.2) is 0 Å². The van der Waals surface area contributed by atoms with E-state index in [9.17, 15) is 14.7 Å². The van der Waals surface area contributed by atoms with E-state index in [1.54, 1.807) is 21.1 Å². The van der Waals surface area contributed by atoms with E-state index < -0.39 is 5.97 Å². The minimum atomic E-state index is -1.00. The number of nitrogens with one attached hydrogen (secondary N) is 1. The van der Waals surface area contributed by atoms with Crippen LogP contribution in [0.5, 0.6) is 0 Å². The topological polar surface area (TPSA) is 78.5 Å². The van der Waals surface area contributed by atoms with E-state index in [0.717, 1.165) is 6.42 Å². The van der Waals surface area contributed by atoms with E-state index in [1.165, 1.54) is 64.7 Å². The number of hydrogen-bond donors (Lipinski definition) is 1. The molecule has 0 saturated heterocycles. The zero-order valence-electron chi connectivity index (χ0n) is 19.1. The van der Waals surface area contributed by atoms with Crippen molar-refractivity contribution in [2.75, 3.05) is 48.4 Å². The molecule has 6 nitrogen and oxygen atoms in total. The summed E-state index contributed by atoms with van der Waals surface area (Å²) in [5.74, 6) is -1.16. The second kappa shape index (κ2) is 22.9. The monoisotopic (exact) mass is 390 g/mol. The Morgan fingerprint density at radius 2 is 1.22 bits per heavy atom. The number of ether oxygens (including phenoxy) is 1. The standard InChI is InChI=1S/C14H28O2.C5H11NO2.C2H7N/c1-3-4-5-6-7-8-9-10-11-12-13-16-14(2)15;1-6(2,3)4-5(7)8;1-3-2/h3-13H2,1-2H3;4H2,1-3H3;3H,1-2H3. The van der Waals surface area contributed by atoms with Crippen molar-refractivity contribution < 1.29 is 23.9 Å². The Labute approximate surface area is 168 Å². The number of aliphatic carboxylic acids is 1. The molecule has 0 bridgehead atoms. The van der Waals surface area contributed by atoms with Gasteiger partial charge >= 0.3 is 5.97 Å². The van der Waals surface area contributed by atoms with Crippen LogP contribution in [0.4, 0.5) is 0 Å². The second-order valence-electron chi connectivity index (χ2n) is 7.84. The fourth-order valence-electron chi connectivity index (χ4n) is 2.19. The highest BCUT2D eigenvalue weighted by Crippen LogP contribution is 2.10. The van der Waals surface area contributed by atoms with Crippen LogP contribution < -0.4 is 10.4 Å². The van der Waals surface area contributed by atoms with Gasteiger partial charge in [0, 0.05) is 6.92 Å². The van der Waals surface area contributed by atoms with Crippen molar-refractivity contribution >= 4 is 11.9 Å². The molecule has 0 rings (SSSR count). The van der Waals surface area contributed by atoms with E-state index >= 15 is 0 Å². The lowest BCUT2D eigenvalue weighted by molar-refractivity contribution is -0.864. The summed E-state index contributed by atoms with van der Waals surface area (Å²) >= 11 is 0. The molecular weight excluding hydrogens is 344 g/mol. The highest BCUT2D eigenvalue weighted by molar-refractivity contribution is 5.65. The molecule has 0 aromatic carbocycles. The van der Waals surface area contributed by atoms with Crippen LogP contribution in [0.25, 0.3) is 0 Å². The van der Waals surface area contributed by atoms with Gasteiger partial charge in [0.05, 0.1) is 33.7 Å². The number of carboxylic acids is 1. The molecular formula is C21H46N2O4. The van der Waals surface area contributed by atoms with Crippen molar-refractivity contribution in [1.29, 1.82) is 0 Å². The van der Waals surface area contributed by atoms with Crippen LogP contribution in [0.2, 0.25) is 0 Å². The predicted molar refractivity (Wildman–Crippen MR) is 111 cm³/mol. The molecule has 0 atom stereocenters. The lowest BCUT2D eigenvalue weighted by atomic mass is 10.1. The quantitative estimate of drug-likeness (QED) is 0.297. The van der Waals surface area contributed by atoms with Crippen LogP contribution in [-0.4, -0.2) is 64.8 Å². The molecule has 0 unspecified atom stereocenters. The smallest absolute Gasteiger partial charge is 0.302 e. The molecule has 6 heteroatoms. The maximum Gasteiger partial charge on any atom is 0.302 e. The first kappa shape index (κ1) is 30.6. The second-order valence-corrected chi connectivity index (χ2v) is 7.84. The number of carbonyl (C=O) groups excluding carboxylic acids is 2. The minimum Gasteiger partial charge on any atom is -0.544 e. The Hall–Kier alpha value is -1.14.